The van der Waals surface area contributed by atoms with Gasteiger partial charge in [0.2, 0.25) is 16.1 Å². The molecule has 32 heavy (non-hydrogen) atoms. The van der Waals surface area contributed by atoms with E-state index in [1.165, 1.54) is 28.6 Å². The molecular weight excluding hydrogens is 432 g/mol. The number of sulfonamides is 1. The van der Waals surface area contributed by atoms with Crippen LogP contribution in [0.4, 0.5) is 0 Å². The fourth-order valence-electron chi connectivity index (χ4n) is 3.87. The van der Waals surface area contributed by atoms with Crippen LogP contribution in [0.3, 0.4) is 0 Å². The van der Waals surface area contributed by atoms with Gasteiger partial charge in [-0.05, 0) is 31.0 Å². The van der Waals surface area contributed by atoms with E-state index >= 15 is 0 Å². The third-order valence-electron chi connectivity index (χ3n) is 5.65. The van der Waals surface area contributed by atoms with Gasteiger partial charge in [-0.2, -0.15) is 4.31 Å². The van der Waals surface area contributed by atoms with E-state index in [1.54, 1.807) is 29.2 Å². The molecule has 2 heterocycles. The van der Waals surface area contributed by atoms with Crippen LogP contribution in [0.5, 0.6) is 0 Å². The summed E-state index contributed by atoms with van der Waals surface area (Å²) in [5.74, 6) is -1.08. The molecule has 2 aliphatic rings. The molecule has 2 fully saturated rings. The Bertz CT molecular complexity index is 1060. The van der Waals surface area contributed by atoms with E-state index in [0.29, 0.717) is 45.0 Å². The van der Waals surface area contributed by atoms with Crippen molar-refractivity contribution < 1.29 is 27.5 Å². The Kier molecular flexibility index (Phi) is 6.88. The normalized spacial score (nSPS) is 18.3. The van der Waals surface area contributed by atoms with Crippen LogP contribution in [0, 0.1) is 0 Å². The average molecular weight is 459 g/mol. The molecule has 2 aromatic rings. The first-order valence-electron chi connectivity index (χ1n) is 10.7. The van der Waals surface area contributed by atoms with E-state index in [9.17, 15) is 18.0 Å². The van der Waals surface area contributed by atoms with Crippen LogP contribution in [0.2, 0.25) is 0 Å². The SMILES string of the molecule is O=C(OC(C(=O)N1CCOCC1)c1ccccc1)c1cccc(S(=O)(=O)N2CCCC2)c1. The minimum absolute atomic E-state index is 0.0459. The van der Waals surface area contributed by atoms with E-state index in [-0.39, 0.29) is 16.4 Å². The van der Waals surface area contributed by atoms with Crippen LogP contribution in [0.25, 0.3) is 0 Å². The lowest BCUT2D eigenvalue weighted by Crippen LogP contribution is -2.44. The maximum Gasteiger partial charge on any atom is 0.339 e. The maximum absolute atomic E-state index is 13.2. The van der Waals surface area contributed by atoms with Crippen molar-refractivity contribution in [3.8, 4) is 0 Å². The standard InChI is InChI=1S/C23H26N2O6S/c26-22(24-13-15-30-16-14-24)21(18-7-2-1-3-8-18)31-23(27)19-9-6-10-20(17-19)32(28,29)25-11-4-5-12-25/h1-3,6-10,17,21H,4-5,11-16H2. The third-order valence-corrected chi connectivity index (χ3v) is 7.54. The molecule has 0 radical (unpaired) electrons. The van der Waals surface area contributed by atoms with E-state index in [4.69, 9.17) is 9.47 Å². The molecule has 170 valence electrons. The van der Waals surface area contributed by atoms with Gasteiger partial charge >= 0.3 is 5.97 Å². The number of morpholine rings is 1. The van der Waals surface area contributed by atoms with Gasteiger partial charge in [0.1, 0.15) is 0 Å². The van der Waals surface area contributed by atoms with Crippen LogP contribution in [0.15, 0.2) is 59.5 Å². The number of esters is 1. The second-order valence-corrected chi connectivity index (χ2v) is 9.71. The second kappa shape index (κ2) is 9.81. The highest BCUT2D eigenvalue weighted by Gasteiger charge is 2.32. The second-order valence-electron chi connectivity index (χ2n) is 7.77. The number of amides is 1. The molecule has 9 heteroatoms. The number of carbonyl (C=O) groups is 2. The molecule has 1 atom stereocenters. The van der Waals surface area contributed by atoms with Crippen molar-refractivity contribution in [2.75, 3.05) is 39.4 Å². The van der Waals surface area contributed by atoms with Gasteiger partial charge in [0.15, 0.2) is 0 Å². The lowest BCUT2D eigenvalue weighted by Gasteiger charge is -2.30. The maximum atomic E-state index is 13.2. The zero-order valence-corrected chi connectivity index (χ0v) is 18.5. The molecule has 2 aromatic carbocycles. The Balaban J connectivity index is 1.57. The summed E-state index contributed by atoms with van der Waals surface area (Å²) in [5, 5.41) is 0. The predicted octanol–water partition coefficient (Wildman–Crippen LogP) is 2.23. The van der Waals surface area contributed by atoms with E-state index in [2.05, 4.69) is 0 Å². The fraction of sp³-hybridized carbons (Fsp3) is 0.391. The summed E-state index contributed by atoms with van der Waals surface area (Å²) in [6.07, 6.45) is 0.521. The van der Waals surface area contributed by atoms with E-state index in [0.717, 1.165) is 12.8 Å². The number of rotatable bonds is 6. The van der Waals surface area contributed by atoms with Crippen LogP contribution >= 0.6 is 0 Å². The van der Waals surface area contributed by atoms with Gasteiger partial charge in [-0.1, -0.05) is 36.4 Å². The summed E-state index contributed by atoms with van der Waals surface area (Å²) in [4.78, 5) is 27.8. The first kappa shape index (κ1) is 22.4. The summed E-state index contributed by atoms with van der Waals surface area (Å²) in [7, 11) is -3.67. The van der Waals surface area contributed by atoms with Gasteiger partial charge in [-0.25, -0.2) is 13.2 Å². The Morgan fingerprint density at radius 2 is 1.59 bits per heavy atom. The summed E-state index contributed by atoms with van der Waals surface area (Å²) in [5.41, 5.74) is 0.638. The number of ether oxygens (including phenoxy) is 2. The number of carbonyl (C=O) groups excluding carboxylic acids is 2. The Hall–Kier alpha value is -2.75. The molecule has 0 spiro atoms. The number of hydrogen-bond acceptors (Lipinski definition) is 6. The third kappa shape index (κ3) is 4.85. The van der Waals surface area contributed by atoms with Gasteiger partial charge in [-0.3, -0.25) is 4.79 Å². The van der Waals surface area contributed by atoms with Gasteiger partial charge < -0.3 is 14.4 Å². The van der Waals surface area contributed by atoms with Crippen molar-refractivity contribution >= 4 is 21.9 Å². The summed E-state index contributed by atoms with van der Waals surface area (Å²) < 4.78 is 38.1. The molecule has 0 saturated carbocycles. The van der Waals surface area contributed by atoms with Crippen LogP contribution in [-0.4, -0.2) is 68.9 Å². The van der Waals surface area contributed by atoms with Crippen LogP contribution < -0.4 is 0 Å². The zero-order valence-electron chi connectivity index (χ0n) is 17.7. The lowest BCUT2D eigenvalue weighted by atomic mass is 10.1. The minimum Gasteiger partial charge on any atom is -0.444 e. The van der Waals surface area contributed by atoms with E-state index < -0.39 is 22.1 Å². The Morgan fingerprint density at radius 1 is 0.906 bits per heavy atom. The van der Waals surface area contributed by atoms with Crippen molar-refractivity contribution in [1.82, 2.24) is 9.21 Å². The largest absolute Gasteiger partial charge is 0.444 e. The molecule has 2 aliphatic heterocycles. The minimum atomic E-state index is -3.67. The molecule has 8 nitrogen and oxygen atoms in total. The number of benzene rings is 2. The highest BCUT2D eigenvalue weighted by Crippen LogP contribution is 2.25. The first-order chi connectivity index (χ1) is 15.5. The van der Waals surface area contributed by atoms with Gasteiger partial charge in [0, 0.05) is 31.7 Å². The smallest absolute Gasteiger partial charge is 0.339 e. The number of nitrogens with zero attached hydrogens (tertiary/aromatic N) is 2. The molecule has 1 amide bonds. The topological polar surface area (TPSA) is 93.2 Å². The average Bonchev–Trinajstić information content (AvgIpc) is 3.39. The van der Waals surface area contributed by atoms with Crippen molar-refractivity contribution in [1.29, 1.82) is 0 Å². The summed E-state index contributed by atoms with van der Waals surface area (Å²) in [6, 6.07) is 14.6. The fourth-order valence-corrected chi connectivity index (χ4v) is 5.44. The lowest BCUT2D eigenvalue weighted by molar-refractivity contribution is -0.145. The summed E-state index contributed by atoms with van der Waals surface area (Å²) in [6.45, 7) is 2.64. The quantitative estimate of drug-likeness (QED) is 0.617. The van der Waals surface area contributed by atoms with E-state index in [1.807, 2.05) is 6.07 Å². The molecule has 0 aliphatic carbocycles. The zero-order chi connectivity index (χ0) is 22.6. The Labute approximate surface area is 187 Å². The van der Waals surface area contributed by atoms with Crippen molar-refractivity contribution in [3.63, 3.8) is 0 Å². The van der Waals surface area contributed by atoms with Gasteiger partial charge in [0.05, 0.1) is 23.7 Å². The van der Waals surface area contributed by atoms with Crippen molar-refractivity contribution in [2.24, 2.45) is 0 Å². The van der Waals surface area contributed by atoms with Crippen molar-refractivity contribution in [3.05, 3.63) is 65.7 Å². The molecule has 1 unspecified atom stereocenters. The predicted molar refractivity (Wildman–Crippen MR) is 116 cm³/mol. The monoisotopic (exact) mass is 458 g/mol. The molecule has 0 bridgehead atoms. The molecule has 4 rings (SSSR count). The highest BCUT2D eigenvalue weighted by atomic mass is 32.2. The van der Waals surface area contributed by atoms with Crippen LogP contribution in [-0.2, 0) is 24.3 Å². The van der Waals surface area contributed by atoms with Crippen LogP contribution in [0.1, 0.15) is 34.9 Å². The van der Waals surface area contributed by atoms with Crippen molar-refractivity contribution in [2.45, 2.75) is 23.8 Å². The molecule has 0 N–H and O–H groups in total. The van der Waals surface area contributed by atoms with Gasteiger partial charge in [-0.15, -0.1) is 0 Å². The molecular formula is C23H26N2O6S. The molecule has 0 aromatic heterocycles. The van der Waals surface area contributed by atoms with Gasteiger partial charge in [0.25, 0.3) is 5.91 Å². The molecule has 2 saturated heterocycles. The summed E-state index contributed by atoms with van der Waals surface area (Å²) >= 11 is 0. The first-order valence-corrected chi connectivity index (χ1v) is 12.1. The highest BCUT2D eigenvalue weighted by molar-refractivity contribution is 7.89. The number of hydrogen-bond donors (Lipinski definition) is 0. The Morgan fingerprint density at radius 3 is 2.28 bits per heavy atom.